The monoisotopic (exact) mass is 178 g/mol. The molecule has 0 aliphatic rings. The van der Waals surface area contributed by atoms with Crippen LogP contribution in [0.5, 0.6) is 0 Å². The van der Waals surface area contributed by atoms with Gasteiger partial charge < -0.3 is 0 Å². The highest BCUT2D eigenvalue weighted by molar-refractivity contribution is 5.22. The van der Waals surface area contributed by atoms with Gasteiger partial charge in [0.1, 0.15) is 0 Å². The Morgan fingerprint density at radius 1 is 1.46 bits per heavy atom. The van der Waals surface area contributed by atoms with E-state index in [0.717, 1.165) is 0 Å². The molecule has 0 fully saturated rings. The van der Waals surface area contributed by atoms with E-state index >= 15 is 0 Å². The maximum absolute atomic E-state index is 13.1. The van der Waals surface area contributed by atoms with Gasteiger partial charge in [0.25, 0.3) is 0 Å². The first kappa shape index (κ1) is 9.66. The molecule has 0 aliphatic heterocycles. The molecule has 0 aliphatic carbocycles. The smallest absolute Gasteiger partial charge is 0.205 e. The average molecular weight is 178 g/mol. The highest BCUT2D eigenvalue weighted by atomic mass is 19.1. The molecule has 0 N–H and O–H groups in total. The van der Waals surface area contributed by atoms with E-state index in [9.17, 15) is 4.39 Å². The van der Waals surface area contributed by atoms with Gasteiger partial charge in [0.15, 0.2) is 5.82 Å². The summed E-state index contributed by atoms with van der Waals surface area (Å²) < 4.78 is 13.1. The highest BCUT2D eigenvalue weighted by Gasteiger charge is 2.08. The fraction of sp³-hybridized carbons (Fsp3) is 0.400. The molecular weight excluding hydrogens is 167 g/mol. The second-order valence-electron chi connectivity index (χ2n) is 2.96. The van der Waals surface area contributed by atoms with Crippen molar-refractivity contribution in [2.45, 2.75) is 26.7 Å². The number of halogens is 1. The summed E-state index contributed by atoms with van der Waals surface area (Å²) in [6.45, 7) is 5.46. The van der Waals surface area contributed by atoms with Crippen LogP contribution in [0, 0.1) is 17.7 Å². The molecule has 1 heterocycles. The molecule has 13 heavy (non-hydrogen) atoms. The zero-order valence-electron chi connectivity index (χ0n) is 7.93. The van der Waals surface area contributed by atoms with Gasteiger partial charge in [0.2, 0.25) is 5.82 Å². The van der Waals surface area contributed by atoms with Crippen LogP contribution in [0.3, 0.4) is 0 Å². The van der Waals surface area contributed by atoms with Crippen molar-refractivity contribution in [1.29, 1.82) is 0 Å². The molecule has 0 unspecified atom stereocenters. The van der Waals surface area contributed by atoms with Gasteiger partial charge in [-0.15, -0.1) is 0 Å². The molecule has 1 rings (SSSR count). The Bertz CT molecular complexity index is 361. The summed E-state index contributed by atoms with van der Waals surface area (Å²) in [5.74, 6) is 5.44. The number of rotatable bonds is 1. The van der Waals surface area contributed by atoms with E-state index in [-0.39, 0.29) is 11.7 Å². The first-order valence-electron chi connectivity index (χ1n) is 4.10. The Morgan fingerprint density at radius 3 is 2.69 bits per heavy atom. The minimum absolute atomic E-state index is 0.0559. The lowest BCUT2D eigenvalue weighted by Gasteiger charge is -2.04. The summed E-state index contributed by atoms with van der Waals surface area (Å²) >= 11 is 0. The summed E-state index contributed by atoms with van der Waals surface area (Å²) in [6, 6.07) is 0. The van der Waals surface area contributed by atoms with Crippen molar-refractivity contribution in [2.24, 2.45) is 0 Å². The van der Waals surface area contributed by atoms with E-state index in [1.54, 1.807) is 6.92 Å². The second-order valence-corrected chi connectivity index (χ2v) is 2.96. The molecule has 0 amide bonds. The van der Waals surface area contributed by atoms with Gasteiger partial charge in [-0.25, -0.2) is 14.4 Å². The summed E-state index contributed by atoms with van der Waals surface area (Å²) in [4.78, 5) is 7.75. The molecule has 0 spiro atoms. The third-order valence-electron chi connectivity index (χ3n) is 1.55. The van der Waals surface area contributed by atoms with Crippen molar-refractivity contribution in [3.63, 3.8) is 0 Å². The lowest BCUT2D eigenvalue weighted by atomic mass is 10.1. The third-order valence-corrected chi connectivity index (χ3v) is 1.55. The largest absolute Gasteiger partial charge is 0.226 e. The Labute approximate surface area is 77.2 Å². The van der Waals surface area contributed by atoms with E-state index < -0.39 is 0 Å². The van der Waals surface area contributed by atoms with Gasteiger partial charge in [-0.1, -0.05) is 19.8 Å². The molecular formula is C10H11FN2. The molecule has 0 saturated heterocycles. The van der Waals surface area contributed by atoms with E-state index in [4.69, 9.17) is 0 Å². The predicted molar refractivity (Wildman–Crippen MR) is 48.6 cm³/mol. The Balaban J connectivity index is 3.16. The number of nitrogens with zero attached hydrogens (tertiary/aromatic N) is 2. The minimum Gasteiger partial charge on any atom is -0.226 e. The van der Waals surface area contributed by atoms with E-state index in [1.165, 1.54) is 6.20 Å². The van der Waals surface area contributed by atoms with Crippen LogP contribution in [0.25, 0.3) is 0 Å². The van der Waals surface area contributed by atoms with Crippen LogP contribution in [0.1, 0.15) is 38.2 Å². The maximum Gasteiger partial charge on any atom is 0.205 e. The molecule has 0 saturated carbocycles. The van der Waals surface area contributed by atoms with Crippen LogP contribution in [0.2, 0.25) is 0 Å². The lowest BCUT2D eigenvalue weighted by molar-refractivity contribution is 0.575. The van der Waals surface area contributed by atoms with Crippen molar-refractivity contribution in [3.8, 4) is 11.8 Å². The lowest BCUT2D eigenvalue weighted by Crippen LogP contribution is -2.01. The summed E-state index contributed by atoms with van der Waals surface area (Å²) in [5, 5.41) is 0. The van der Waals surface area contributed by atoms with Crippen LogP contribution < -0.4 is 0 Å². The normalized spacial score (nSPS) is 9.62. The Morgan fingerprint density at radius 2 is 2.15 bits per heavy atom. The summed E-state index contributed by atoms with van der Waals surface area (Å²) in [5.41, 5.74) is 0.424. The standard InChI is InChI=1S/C10H11FN2/c1-4-5-9-12-6-8(11)10(13-9)7(2)3/h6-7H,1-3H3. The van der Waals surface area contributed by atoms with Crippen LogP contribution in [-0.2, 0) is 0 Å². The van der Waals surface area contributed by atoms with Crippen LogP contribution in [0.15, 0.2) is 6.20 Å². The zero-order valence-corrected chi connectivity index (χ0v) is 7.93. The maximum atomic E-state index is 13.1. The predicted octanol–water partition coefficient (Wildman–Crippen LogP) is 2.11. The molecule has 0 radical (unpaired) electrons. The first-order chi connectivity index (χ1) is 6.15. The first-order valence-corrected chi connectivity index (χ1v) is 4.10. The highest BCUT2D eigenvalue weighted by Crippen LogP contribution is 2.14. The zero-order chi connectivity index (χ0) is 9.84. The number of hydrogen-bond donors (Lipinski definition) is 0. The Hall–Kier alpha value is -1.43. The van der Waals surface area contributed by atoms with Crippen molar-refractivity contribution < 1.29 is 4.39 Å². The van der Waals surface area contributed by atoms with Crippen LogP contribution >= 0.6 is 0 Å². The summed E-state index contributed by atoms with van der Waals surface area (Å²) in [7, 11) is 0. The van der Waals surface area contributed by atoms with Crippen molar-refractivity contribution in [3.05, 3.63) is 23.5 Å². The molecule has 68 valence electrons. The fourth-order valence-corrected chi connectivity index (χ4v) is 0.957. The van der Waals surface area contributed by atoms with E-state index in [0.29, 0.717) is 11.5 Å². The molecule has 1 aromatic heterocycles. The summed E-state index contributed by atoms with van der Waals surface area (Å²) in [6.07, 6.45) is 1.17. The molecule has 3 heteroatoms. The van der Waals surface area contributed by atoms with E-state index in [2.05, 4.69) is 21.8 Å². The average Bonchev–Trinajstić information content (AvgIpc) is 2.08. The second kappa shape index (κ2) is 3.99. The van der Waals surface area contributed by atoms with Crippen LogP contribution in [0.4, 0.5) is 4.39 Å². The minimum atomic E-state index is -0.364. The third kappa shape index (κ3) is 2.25. The number of aromatic nitrogens is 2. The number of hydrogen-bond acceptors (Lipinski definition) is 2. The van der Waals surface area contributed by atoms with Crippen LogP contribution in [-0.4, -0.2) is 9.97 Å². The van der Waals surface area contributed by atoms with Crippen molar-refractivity contribution in [2.75, 3.05) is 0 Å². The van der Waals surface area contributed by atoms with E-state index in [1.807, 2.05) is 13.8 Å². The molecule has 0 bridgehead atoms. The van der Waals surface area contributed by atoms with Gasteiger partial charge in [-0.05, 0) is 18.8 Å². The van der Waals surface area contributed by atoms with Gasteiger partial charge in [-0.3, -0.25) is 0 Å². The van der Waals surface area contributed by atoms with Gasteiger partial charge in [-0.2, -0.15) is 0 Å². The SMILES string of the molecule is CC#Cc1ncc(F)c(C(C)C)n1. The van der Waals surface area contributed by atoms with Gasteiger partial charge in [0, 0.05) is 0 Å². The van der Waals surface area contributed by atoms with Crippen molar-refractivity contribution in [1.82, 2.24) is 9.97 Å². The van der Waals surface area contributed by atoms with Gasteiger partial charge in [0.05, 0.1) is 11.9 Å². The molecule has 0 atom stereocenters. The molecule has 1 aromatic rings. The fourth-order valence-electron chi connectivity index (χ4n) is 0.957. The Kier molecular flexibility index (Phi) is 2.97. The van der Waals surface area contributed by atoms with Gasteiger partial charge >= 0.3 is 0 Å². The molecule has 2 nitrogen and oxygen atoms in total. The van der Waals surface area contributed by atoms with Crippen molar-refractivity contribution >= 4 is 0 Å². The topological polar surface area (TPSA) is 25.8 Å². The molecule has 0 aromatic carbocycles. The quantitative estimate of drug-likeness (QED) is 0.615.